The van der Waals surface area contributed by atoms with Gasteiger partial charge in [-0.15, -0.1) is 0 Å². The Morgan fingerprint density at radius 2 is 1.73 bits per heavy atom. The zero-order valence-corrected chi connectivity index (χ0v) is 15.6. The van der Waals surface area contributed by atoms with E-state index in [0.29, 0.717) is 17.1 Å². The molecule has 0 aliphatic heterocycles. The van der Waals surface area contributed by atoms with Gasteiger partial charge in [0, 0.05) is 21.3 Å². The van der Waals surface area contributed by atoms with E-state index in [1.165, 1.54) is 0 Å². The second-order valence-corrected chi connectivity index (χ2v) is 6.94. The van der Waals surface area contributed by atoms with Gasteiger partial charge in [-0.25, -0.2) is 4.98 Å². The molecule has 26 heavy (non-hydrogen) atoms. The van der Waals surface area contributed by atoms with E-state index < -0.39 is 0 Å². The normalized spacial score (nSPS) is 10.8. The van der Waals surface area contributed by atoms with Crippen LogP contribution in [0.2, 0.25) is 0 Å². The van der Waals surface area contributed by atoms with Gasteiger partial charge in [-0.2, -0.15) is 0 Å². The molecule has 0 aliphatic carbocycles. The molecule has 0 fully saturated rings. The molecule has 1 amide bonds. The molecule has 0 bridgehead atoms. The van der Waals surface area contributed by atoms with Gasteiger partial charge in [0.05, 0.1) is 0 Å². The lowest BCUT2D eigenvalue weighted by Gasteiger charge is -2.06. The number of fused-ring (bicyclic) bond motifs is 1. The molecule has 4 aromatic rings. The zero-order valence-electron chi connectivity index (χ0n) is 14.0. The van der Waals surface area contributed by atoms with Gasteiger partial charge in [-0.1, -0.05) is 22.0 Å². The average Bonchev–Trinajstić information content (AvgIpc) is 3.06. The van der Waals surface area contributed by atoms with Crippen LogP contribution in [0, 0.1) is 6.92 Å². The molecule has 3 aromatic carbocycles. The standard InChI is InChI=1S/C21H15BrN2O2/c1-13-2-11-19-18(12-13)24-21(26-19)15-5-9-17(10-6-15)23-20(25)14-3-7-16(22)8-4-14/h2-12H,1H3,(H,23,25). The number of carbonyl (C=O) groups is 1. The summed E-state index contributed by atoms with van der Waals surface area (Å²) in [6.07, 6.45) is 0. The number of aryl methyl sites for hydroxylation is 1. The maximum atomic E-state index is 12.3. The molecule has 0 saturated heterocycles. The molecule has 128 valence electrons. The van der Waals surface area contributed by atoms with Crippen LogP contribution in [0.5, 0.6) is 0 Å². The van der Waals surface area contributed by atoms with Crippen LogP contribution in [-0.4, -0.2) is 10.9 Å². The Morgan fingerprint density at radius 3 is 2.46 bits per heavy atom. The van der Waals surface area contributed by atoms with Crippen molar-refractivity contribution in [1.82, 2.24) is 4.98 Å². The maximum absolute atomic E-state index is 12.3. The Kier molecular flexibility index (Phi) is 4.31. The van der Waals surface area contributed by atoms with E-state index in [1.807, 2.05) is 61.5 Å². The van der Waals surface area contributed by atoms with Gasteiger partial charge in [-0.05, 0) is 73.2 Å². The highest BCUT2D eigenvalue weighted by atomic mass is 79.9. The first-order chi connectivity index (χ1) is 12.6. The summed E-state index contributed by atoms with van der Waals surface area (Å²) in [4.78, 5) is 16.8. The van der Waals surface area contributed by atoms with Crippen LogP contribution in [0.15, 0.2) is 75.6 Å². The van der Waals surface area contributed by atoms with Crippen molar-refractivity contribution in [2.75, 3.05) is 5.32 Å². The van der Waals surface area contributed by atoms with Crippen molar-refractivity contribution in [2.24, 2.45) is 0 Å². The second-order valence-electron chi connectivity index (χ2n) is 6.03. The number of oxazole rings is 1. The van der Waals surface area contributed by atoms with Crippen LogP contribution in [-0.2, 0) is 0 Å². The predicted molar refractivity (Wildman–Crippen MR) is 106 cm³/mol. The molecule has 1 N–H and O–H groups in total. The molecule has 4 rings (SSSR count). The summed E-state index contributed by atoms with van der Waals surface area (Å²) < 4.78 is 6.74. The number of rotatable bonds is 3. The van der Waals surface area contributed by atoms with Crippen molar-refractivity contribution in [1.29, 1.82) is 0 Å². The number of anilines is 1. The fourth-order valence-corrected chi connectivity index (χ4v) is 2.93. The first-order valence-corrected chi connectivity index (χ1v) is 8.92. The quantitative estimate of drug-likeness (QED) is 0.466. The summed E-state index contributed by atoms with van der Waals surface area (Å²) in [5.74, 6) is 0.416. The molecule has 0 radical (unpaired) electrons. The van der Waals surface area contributed by atoms with E-state index in [-0.39, 0.29) is 5.91 Å². The minimum Gasteiger partial charge on any atom is -0.436 e. The van der Waals surface area contributed by atoms with Crippen molar-refractivity contribution in [3.8, 4) is 11.5 Å². The molecule has 0 aliphatic rings. The zero-order chi connectivity index (χ0) is 18.1. The predicted octanol–water partition coefficient (Wildman–Crippen LogP) is 5.82. The van der Waals surface area contributed by atoms with Gasteiger partial charge < -0.3 is 9.73 Å². The molecule has 0 saturated carbocycles. The number of amides is 1. The van der Waals surface area contributed by atoms with E-state index in [1.54, 1.807) is 12.1 Å². The largest absolute Gasteiger partial charge is 0.436 e. The van der Waals surface area contributed by atoms with Gasteiger partial charge in [0.25, 0.3) is 5.91 Å². The third-order valence-corrected chi connectivity index (χ3v) is 4.57. The number of nitrogens with zero attached hydrogens (tertiary/aromatic N) is 1. The van der Waals surface area contributed by atoms with Gasteiger partial charge in [-0.3, -0.25) is 4.79 Å². The fraction of sp³-hybridized carbons (Fsp3) is 0.0476. The van der Waals surface area contributed by atoms with Crippen molar-refractivity contribution >= 4 is 38.6 Å². The van der Waals surface area contributed by atoms with Crippen LogP contribution in [0.25, 0.3) is 22.6 Å². The summed E-state index contributed by atoms with van der Waals surface area (Å²) >= 11 is 3.36. The second kappa shape index (κ2) is 6.77. The van der Waals surface area contributed by atoms with E-state index in [2.05, 4.69) is 26.2 Å². The minimum absolute atomic E-state index is 0.150. The molecule has 0 spiro atoms. The molecule has 0 unspecified atom stereocenters. The van der Waals surface area contributed by atoms with Crippen molar-refractivity contribution in [3.05, 3.63) is 82.3 Å². The first-order valence-electron chi connectivity index (χ1n) is 8.13. The van der Waals surface area contributed by atoms with Crippen LogP contribution in [0.4, 0.5) is 5.69 Å². The summed E-state index contributed by atoms with van der Waals surface area (Å²) in [6, 6.07) is 20.6. The molecule has 1 heterocycles. The highest BCUT2D eigenvalue weighted by Gasteiger charge is 2.10. The Labute approximate surface area is 159 Å². The molecule has 5 heteroatoms. The Bertz CT molecular complexity index is 1080. The first kappa shape index (κ1) is 16.5. The summed E-state index contributed by atoms with van der Waals surface area (Å²) in [6.45, 7) is 2.02. The lowest BCUT2D eigenvalue weighted by atomic mass is 10.2. The van der Waals surface area contributed by atoms with E-state index >= 15 is 0 Å². The Balaban J connectivity index is 1.54. The molecular weight excluding hydrogens is 392 g/mol. The maximum Gasteiger partial charge on any atom is 0.255 e. The van der Waals surface area contributed by atoms with E-state index in [4.69, 9.17) is 4.42 Å². The lowest BCUT2D eigenvalue weighted by Crippen LogP contribution is -2.11. The number of nitrogens with one attached hydrogen (secondary N) is 1. The summed E-state index contributed by atoms with van der Waals surface area (Å²) in [5, 5.41) is 2.89. The minimum atomic E-state index is -0.150. The molecular formula is C21H15BrN2O2. The number of benzene rings is 3. The summed E-state index contributed by atoms with van der Waals surface area (Å²) in [7, 11) is 0. The van der Waals surface area contributed by atoms with Gasteiger partial charge >= 0.3 is 0 Å². The molecule has 4 nitrogen and oxygen atoms in total. The van der Waals surface area contributed by atoms with Crippen molar-refractivity contribution in [2.45, 2.75) is 6.92 Å². The van der Waals surface area contributed by atoms with Crippen LogP contribution in [0.1, 0.15) is 15.9 Å². The van der Waals surface area contributed by atoms with E-state index in [9.17, 15) is 4.79 Å². The van der Waals surface area contributed by atoms with Gasteiger partial charge in [0.15, 0.2) is 5.58 Å². The Hall–Kier alpha value is -2.92. The number of hydrogen-bond donors (Lipinski definition) is 1. The third-order valence-electron chi connectivity index (χ3n) is 4.04. The van der Waals surface area contributed by atoms with Gasteiger partial charge in [0.2, 0.25) is 5.89 Å². The van der Waals surface area contributed by atoms with Crippen LogP contribution < -0.4 is 5.32 Å². The fourth-order valence-electron chi connectivity index (χ4n) is 2.66. The van der Waals surface area contributed by atoms with Gasteiger partial charge in [0.1, 0.15) is 5.52 Å². The topological polar surface area (TPSA) is 55.1 Å². The number of hydrogen-bond acceptors (Lipinski definition) is 3. The molecule has 1 aromatic heterocycles. The highest BCUT2D eigenvalue weighted by molar-refractivity contribution is 9.10. The number of carbonyl (C=O) groups excluding carboxylic acids is 1. The third kappa shape index (κ3) is 3.39. The van der Waals surface area contributed by atoms with E-state index in [0.717, 1.165) is 26.7 Å². The van der Waals surface area contributed by atoms with Crippen molar-refractivity contribution in [3.63, 3.8) is 0 Å². The SMILES string of the molecule is Cc1ccc2oc(-c3ccc(NC(=O)c4ccc(Br)cc4)cc3)nc2c1. The number of halogens is 1. The smallest absolute Gasteiger partial charge is 0.255 e. The lowest BCUT2D eigenvalue weighted by molar-refractivity contribution is 0.102. The number of aromatic nitrogens is 1. The van der Waals surface area contributed by atoms with Crippen LogP contribution >= 0.6 is 15.9 Å². The monoisotopic (exact) mass is 406 g/mol. The van der Waals surface area contributed by atoms with Crippen LogP contribution in [0.3, 0.4) is 0 Å². The molecule has 0 atom stereocenters. The summed E-state index contributed by atoms with van der Waals surface area (Å²) in [5.41, 5.74) is 4.93. The van der Waals surface area contributed by atoms with Crippen molar-refractivity contribution < 1.29 is 9.21 Å². The highest BCUT2D eigenvalue weighted by Crippen LogP contribution is 2.26. The average molecular weight is 407 g/mol. The Morgan fingerprint density at radius 1 is 1.00 bits per heavy atom.